The minimum atomic E-state index is -0.641. The number of hydrogen-bond donors (Lipinski definition) is 2. The second kappa shape index (κ2) is 3.64. The largest absolute Gasteiger partial charge is 0.394 e. The van der Waals surface area contributed by atoms with Crippen molar-refractivity contribution in [2.45, 2.75) is 37.8 Å². The predicted molar refractivity (Wildman–Crippen MR) is 50.1 cm³/mol. The number of aliphatic hydroxyl groups excluding tert-OH is 1. The van der Waals surface area contributed by atoms with Crippen LogP contribution in [-0.4, -0.2) is 41.1 Å². The number of rotatable bonds is 3. The number of nitrogens with zero attached hydrogens (tertiary/aromatic N) is 1. The zero-order valence-corrected chi connectivity index (χ0v) is 8.29. The summed E-state index contributed by atoms with van der Waals surface area (Å²) in [6, 6.07) is -0.145. The zero-order valence-electron chi connectivity index (χ0n) is 8.29. The van der Waals surface area contributed by atoms with Crippen LogP contribution in [0.15, 0.2) is 0 Å². The molecule has 0 aromatic rings. The number of carbonyl (C=O) groups excluding carboxylic acids is 1. The average molecular weight is 186 g/mol. The van der Waals surface area contributed by atoms with Gasteiger partial charge in [0, 0.05) is 7.05 Å². The Morgan fingerprint density at radius 2 is 2.23 bits per heavy atom. The number of hydrogen-bond acceptors (Lipinski definition) is 3. The van der Waals surface area contributed by atoms with Crippen molar-refractivity contribution in [1.82, 2.24) is 4.90 Å². The van der Waals surface area contributed by atoms with Crippen molar-refractivity contribution in [3.05, 3.63) is 0 Å². The number of carbonyl (C=O) groups is 1. The third-order valence-corrected chi connectivity index (χ3v) is 2.92. The van der Waals surface area contributed by atoms with Gasteiger partial charge in [0.1, 0.15) is 0 Å². The minimum absolute atomic E-state index is 0.0156. The second-order valence-corrected chi connectivity index (χ2v) is 3.96. The summed E-state index contributed by atoms with van der Waals surface area (Å²) in [4.78, 5) is 13.3. The normalized spacial score (nSPS) is 21.8. The van der Waals surface area contributed by atoms with E-state index in [2.05, 4.69) is 0 Å². The van der Waals surface area contributed by atoms with Gasteiger partial charge < -0.3 is 15.7 Å². The molecule has 1 fully saturated rings. The molecule has 0 saturated heterocycles. The first-order valence-electron chi connectivity index (χ1n) is 4.68. The summed E-state index contributed by atoms with van der Waals surface area (Å²) in [5.41, 5.74) is 5.23. The van der Waals surface area contributed by atoms with Crippen molar-refractivity contribution < 1.29 is 9.90 Å². The van der Waals surface area contributed by atoms with E-state index in [0.29, 0.717) is 0 Å². The Kier molecular flexibility index (Phi) is 2.93. The fourth-order valence-electron chi connectivity index (χ4n) is 1.45. The van der Waals surface area contributed by atoms with Crippen LogP contribution in [0.2, 0.25) is 0 Å². The van der Waals surface area contributed by atoms with Gasteiger partial charge in [-0.2, -0.15) is 0 Å². The number of amides is 1. The molecule has 0 aromatic heterocycles. The Bertz CT molecular complexity index is 202. The summed E-state index contributed by atoms with van der Waals surface area (Å²) in [5, 5.41) is 8.88. The highest BCUT2D eigenvalue weighted by Gasteiger charge is 2.42. The third-order valence-electron chi connectivity index (χ3n) is 2.92. The van der Waals surface area contributed by atoms with E-state index >= 15 is 0 Å². The Hall–Kier alpha value is -0.610. The first kappa shape index (κ1) is 10.5. The molecule has 1 aliphatic carbocycles. The van der Waals surface area contributed by atoms with Gasteiger partial charge in [0.25, 0.3) is 0 Å². The van der Waals surface area contributed by atoms with Crippen LogP contribution >= 0.6 is 0 Å². The third kappa shape index (κ3) is 1.84. The molecule has 1 unspecified atom stereocenters. The summed E-state index contributed by atoms with van der Waals surface area (Å²) in [7, 11) is 1.69. The zero-order chi connectivity index (χ0) is 10.1. The highest BCUT2D eigenvalue weighted by molar-refractivity contribution is 5.87. The Balaban J connectivity index is 2.56. The topological polar surface area (TPSA) is 66.6 Å². The molecule has 76 valence electrons. The SMILES string of the molecule is CC(CO)N(C)C(=O)C1(N)CCC1. The smallest absolute Gasteiger partial charge is 0.242 e. The molecule has 0 bridgehead atoms. The molecule has 13 heavy (non-hydrogen) atoms. The lowest BCUT2D eigenvalue weighted by molar-refractivity contribution is -0.141. The summed E-state index contributed by atoms with van der Waals surface area (Å²) < 4.78 is 0. The molecule has 0 aromatic carbocycles. The lowest BCUT2D eigenvalue weighted by Gasteiger charge is -2.40. The van der Waals surface area contributed by atoms with E-state index in [4.69, 9.17) is 10.8 Å². The van der Waals surface area contributed by atoms with Crippen molar-refractivity contribution in [3.8, 4) is 0 Å². The molecule has 0 heterocycles. The molecule has 4 nitrogen and oxygen atoms in total. The minimum Gasteiger partial charge on any atom is -0.394 e. The number of aliphatic hydroxyl groups is 1. The van der Waals surface area contributed by atoms with Crippen molar-refractivity contribution in [2.24, 2.45) is 5.73 Å². The first-order chi connectivity index (χ1) is 6.01. The lowest BCUT2D eigenvalue weighted by Crippen LogP contribution is -2.60. The van der Waals surface area contributed by atoms with E-state index in [9.17, 15) is 4.79 Å². The van der Waals surface area contributed by atoms with Crippen LogP contribution in [0, 0.1) is 0 Å². The molecule has 3 N–H and O–H groups in total. The van der Waals surface area contributed by atoms with Gasteiger partial charge in [0.15, 0.2) is 0 Å². The van der Waals surface area contributed by atoms with Gasteiger partial charge in [-0.05, 0) is 26.2 Å². The van der Waals surface area contributed by atoms with Gasteiger partial charge in [-0.15, -0.1) is 0 Å². The van der Waals surface area contributed by atoms with E-state index in [0.717, 1.165) is 19.3 Å². The molecule has 0 radical (unpaired) electrons. The molecule has 0 aliphatic heterocycles. The van der Waals surface area contributed by atoms with Crippen LogP contribution in [-0.2, 0) is 4.79 Å². The summed E-state index contributed by atoms with van der Waals surface area (Å²) in [6.07, 6.45) is 2.58. The van der Waals surface area contributed by atoms with E-state index < -0.39 is 5.54 Å². The highest BCUT2D eigenvalue weighted by atomic mass is 16.3. The number of likely N-dealkylation sites (N-methyl/N-ethyl adjacent to an activating group) is 1. The summed E-state index contributed by atoms with van der Waals surface area (Å²) in [6.45, 7) is 1.79. The fraction of sp³-hybridized carbons (Fsp3) is 0.889. The Morgan fingerprint density at radius 3 is 2.54 bits per heavy atom. The maximum absolute atomic E-state index is 11.7. The van der Waals surface area contributed by atoms with Crippen LogP contribution in [0.5, 0.6) is 0 Å². The lowest BCUT2D eigenvalue weighted by atomic mass is 9.76. The quantitative estimate of drug-likeness (QED) is 0.636. The van der Waals surface area contributed by atoms with Crippen LogP contribution in [0.3, 0.4) is 0 Å². The van der Waals surface area contributed by atoms with Gasteiger partial charge >= 0.3 is 0 Å². The summed E-state index contributed by atoms with van der Waals surface area (Å²) >= 11 is 0. The van der Waals surface area contributed by atoms with Gasteiger partial charge in [0.2, 0.25) is 5.91 Å². The van der Waals surface area contributed by atoms with Gasteiger partial charge in [-0.1, -0.05) is 0 Å². The van der Waals surface area contributed by atoms with Gasteiger partial charge in [0.05, 0.1) is 18.2 Å². The second-order valence-electron chi connectivity index (χ2n) is 3.96. The Morgan fingerprint density at radius 1 is 1.69 bits per heavy atom. The predicted octanol–water partition coefficient (Wildman–Crippen LogP) is -0.293. The highest BCUT2D eigenvalue weighted by Crippen LogP contribution is 2.30. The number of nitrogens with two attached hydrogens (primary N) is 1. The van der Waals surface area contributed by atoms with Gasteiger partial charge in [-0.25, -0.2) is 0 Å². The standard InChI is InChI=1S/C9H18N2O2/c1-7(6-12)11(2)8(13)9(10)4-3-5-9/h7,12H,3-6,10H2,1-2H3. The van der Waals surface area contributed by atoms with E-state index in [-0.39, 0.29) is 18.6 Å². The van der Waals surface area contributed by atoms with Crippen molar-refractivity contribution in [2.75, 3.05) is 13.7 Å². The van der Waals surface area contributed by atoms with Gasteiger partial charge in [-0.3, -0.25) is 4.79 Å². The monoisotopic (exact) mass is 186 g/mol. The molecule has 0 spiro atoms. The molecule has 1 aliphatic rings. The van der Waals surface area contributed by atoms with E-state index in [1.807, 2.05) is 0 Å². The molecular weight excluding hydrogens is 168 g/mol. The fourth-order valence-corrected chi connectivity index (χ4v) is 1.45. The molecule has 1 atom stereocenters. The Labute approximate surface area is 78.7 Å². The van der Waals surface area contributed by atoms with Crippen molar-refractivity contribution in [3.63, 3.8) is 0 Å². The van der Waals surface area contributed by atoms with Crippen LogP contribution in [0.1, 0.15) is 26.2 Å². The molecule has 1 rings (SSSR count). The maximum Gasteiger partial charge on any atom is 0.242 e. The van der Waals surface area contributed by atoms with Crippen molar-refractivity contribution >= 4 is 5.91 Å². The first-order valence-corrected chi connectivity index (χ1v) is 4.68. The van der Waals surface area contributed by atoms with E-state index in [1.165, 1.54) is 0 Å². The average Bonchev–Trinajstić information content (AvgIpc) is 2.10. The van der Waals surface area contributed by atoms with Crippen LogP contribution < -0.4 is 5.73 Å². The molecular formula is C9H18N2O2. The van der Waals surface area contributed by atoms with Crippen LogP contribution in [0.25, 0.3) is 0 Å². The molecule has 1 saturated carbocycles. The van der Waals surface area contributed by atoms with E-state index in [1.54, 1.807) is 18.9 Å². The van der Waals surface area contributed by atoms with Crippen molar-refractivity contribution in [1.29, 1.82) is 0 Å². The molecule has 4 heteroatoms. The maximum atomic E-state index is 11.7. The summed E-state index contributed by atoms with van der Waals surface area (Å²) in [5.74, 6) is -0.0414. The molecule has 1 amide bonds. The van der Waals surface area contributed by atoms with Crippen LogP contribution in [0.4, 0.5) is 0 Å².